The van der Waals surface area contributed by atoms with Gasteiger partial charge in [0.2, 0.25) is 10.0 Å². The fourth-order valence-electron chi connectivity index (χ4n) is 2.20. The number of rotatable bonds is 8. The van der Waals surface area contributed by atoms with E-state index in [1.54, 1.807) is 18.5 Å². The van der Waals surface area contributed by atoms with E-state index in [9.17, 15) is 8.42 Å². The Morgan fingerprint density at radius 1 is 1.35 bits per heavy atom. The Morgan fingerprint density at radius 3 is 2.55 bits per heavy atom. The Bertz CT molecular complexity index is 535. The first-order valence-corrected chi connectivity index (χ1v) is 8.51. The third kappa shape index (κ3) is 4.29. The van der Waals surface area contributed by atoms with Gasteiger partial charge in [-0.2, -0.15) is 5.10 Å². The van der Waals surface area contributed by atoms with Crippen molar-refractivity contribution in [2.75, 3.05) is 13.1 Å². The molecule has 0 amide bonds. The molecule has 0 fully saturated rings. The molecule has 0 aliphatic rings. The summed E-state index contributed by atoms with van der Waals surface area (Å²) >= 11 is 0. The minimum Gasteiger partial charge on any atom is -0.329 e. The topological polar surface area (TPSA) is 90.0 Å². The number of nitrogens with zero attached hydrogens (tertiary/aromatic N) is 2. The number of aromatic nitrogens is 2. The van der Waals surface area contributed by atoms with E-state index in [-0.39, 0.29) is 4.90 Å². The van der Waals surface area contributed by atoms with Crippen molar-refractivity contribution in [3.8, 4) is 0 Å². The smallest absolute Gasteiger partial charge is 0.244 e. The van der Waals surface area contributed by atoms with Gasteiger partial charge in [-0.15, -0.1) is 0 Å². The summed E-state index contributed by atoms with van der Waals surface area (Å²) in [5.41, 5.74) is 6.66. The van der Waals surface area contributed by atoms with Crippen molar-refractivity contribution < 1.29 is 8.42 Å². The minimum atomic E-state index is -3.49. The maximum absolute atomic E-state index is 12.3. The quantitative estimate of drug-likeness (QED) is 0.705. The van der Waals surface area contributed by atoms with Gasteiger partial charge in [-0.05, 0) is 32.6 Å². The molecular formula is C13H26N4O2S. The van der Waals surface area contributed by atoms with Crippen LogP contribution in [0.15, 0.2) is 4.90 Å². The first-order chi connectivity index (χ1) is 9.29. The molecule has 1 rings (SSSR count). The summed E-state index contributed by atoms with van der Waals surface area (Å²) in [6, 6.07) is 0. The first kappa shape index (κ1) is 17.1. The molecule has 0 bridgehead atoms. The van der Waals surface area contributed by atoms with Crippen LogP contribution >= 0.6 is 0 Å². The molecule has 0 unspecified atom stereocenters. The lowest BCUT2D eigenvalue weighted by Crippen LogP contribution is -2.26. The van der Waals surface area contributed by atoms with Crippen molar-refractivity contribution in [3.63, 3.8) is 0 Å². The Hall–Kier alpha value is -0.920. The highest BCUT2D eigenvalue weighted by atomic mass is 32.2. The number of sulfonamides is 1. The zero-order chi connectivity index (χ0) is 15.3. The van der Waals surface area contributed by atoms with Crippen molar-refractivity contribution in [2.24, 2.45) is 11.7 Å². The molecule has 7 heteroatoms. The molecule has 0 atom stereocenters. The van der Waals surface area contributed by atoms with E-state index in [2.05, 4.69) is 23.7 Å². The van der Waals surface area contributed by atoms with E-state index in [0.29, 0.717) is 36.9 Å². The lowest BCUT2D eigenvalue weighted by Gasteiger charge is -2.08. The van der Waals surface area contributed by atoms with Gasteiger partial charge in [0, 0.05) is 13.1 Å². The number of nitrogens with two attached hydrogens (primary N) is 1. The molecule has 0 radical (unpaired) electrons. The van der Waals surface area contributed by atoms with E-state index >= 15 is 0 Å². The van der Waals surface area contributed by atoms with Gasteiger partial charge in [-0.1, -0.05) is 13.8 Å². The van der Waals surface area contributed by atoms with E-state index in [0.717, 1.165) is 12.8 Å². The highest BCUT2D eigenvalue weighted by molar-refractivity contribution is 7.89. The monoisotopic (exact) mass is 302 g/mol. The SMILES string of the molecule is Cc1nn(CCN)c(C)c1S(=O)(=O)NCCCC(C)C. The van der Waals surface area contributed by atoms with Gasteiger partial charge in [0.25, 0.3) is 0 Å². The van der Waals surface area contributed by atoms with Crippen LogP contribution in [-0.2, 0) is 16.6 Å². The number of hydrogen-bond acceptors (Lipinski definition) is 4. The third-order valence-electron chi connectivity index (χ3n) is 3.18. The van der Waals surface area contributed by atoms with Crippen molar-refractivity contribution >= 4 is 10.0 Å². The molecule has 116 valence electrons. The summed E-state index contributed by atoms with van der Waals surface area (Å²) < 4.78 is 29.0. The summed E-state index contributed by atoms with van der Waals surface area (Å²) in [7, 11) is -3.49. The van der Waals surface area contributed by atoms with Crippen LogP contribution in [0.4, 0.5) is 0 Å². The summed E-state index contributed by atoms with van der Waals surface area (Å²) in [4.78, 5) is 0.287. The molecule has 3 N–H and O–H groups in total. The van der Waals surface area contributed by atoms with E-state index in [1.807, 2.05) is 0 Å². The third-order valence-corrected chi connectivity index (χ3v) is 4.89. The Morgan fingerprint density at radius 2 is 2.00 bits per heavy atom. The van der Waals surface area contributed by atoms with E-state index in [4.69, 9.17) is 5.73 Å². The number of hydrogen-bond donors (Lipinski definition) is 2. The number of aryl methyl sites for hydroxylation is 1. The van der Waals surface area contributed by atoms with Crippen LogP contribution in [0.1, 0.15) is 38.1 Å². The van der Waals surface area contributed by atoms with Crippen molar-refractivity contribution in [3.05, 3.63) is 11.4 Å². The maximum atomic E-state index is 12.3. The van der Waals surface area contributed by atoms with Crippen LogP contribution in [0.2, 0.25) is 0 Å². The molecule has 20 heavy (non-hydrogen) atoms. The standard InChI is InChI=1S/C13H26N4O2S/c1-10(2)6-5-8-15-20(18,19)13-11(3)16-17(9-7-14)12(13)4/h10,15H,5-9,14H2,1-4H3. The van der Waals surface area contributed by atoms with Crippen LogP contribution in [0.25, 0.3) is 0 Å². The zero-order valence-corrected chi connectivity index (χ0v) is 13.6. The zero-order valence-electron chi connectivity index (χ0n) is 12.8. The minimum absolute atomic E-state index is 0.287. The van der Waals surface area contributed by atoms with Crippen molar-refractivity contribution in [2.45, 2.75) is 52.0 Å². The summed E-state index contributed by atoms with van der Waals surface area (Å²) in [5.74, 6) is 0.579. The average Bonchev–Trinajstić information content (AvgIpc) is 2.61. The predicted molar refractivity (Wildman–Crippen MR) is 80.0 cm³/mol. The summed E-state index contributed by atoms with van der Waals surface area (Å²) in [5, 5.41) is 4.24. The molecule has 0 saturated heterocycles. The largest absolute Gasteiger partial charge is 0.329 e. The lowest BCUT2D eigenvalue weighted by atomic mass is 10.1. The van der Waals surface area contributed by atoms with Gasteiger partial charge in [0.1, 0.15) is 4.90 Å². The van der Waals surface area contributed by atoms with Gasteiger partial charge in [-0.25, -0.2) is 13.1 Å². The maximum Gasteiger partial charge on any atom is 0.244 e. The molecule has 1 heterocycles. The molecule has 0 spiro atoms. The average molecular weight is 302 g/mol. The van der Waals surface area contributed by atoms with Gasteiger partial charge in [0.15, 0.2) is 0 Å². The molecule has 1 aromatic rings. The van der Waals surface area contributed by atoms with Crippen molar-refractivity contribution in [1.29, 1.82) is 0 Å². The second-order valence-corrected chi connectivity index (χ2v) is 7.15. The van der Waals surface area contributed by atoms with Crippen molar-refractivity contribution in [1.82, 2.24) is 14.5 Å². The summed E-state index contributed by atoms with van der Waals surface area (Å²) in [6.07, 6.45) is 1.85. The highest BCUT2D eigenvalue weighted by Gasteiger charge is 2.23. The molecular weight excluding hydrogens is 276 g/mol. The van der Waals surface area contributed by atoms with Gasteiger partial charge >= 0.3 is 0 Å². The second-order valence-electron chi connectivity index (χ2n) is 5.45. The van der Waals surface area contributed by atoms with E-state index in [1.165, 1.54) is 0 Å². The molecule has 6 nitrogen and oxygen atoms in total. The second kappa shape index (κ2) is 7.19. The Kier molecular flexibility index (Phi) is 6.16. The fraction of sp³-hybridized carbons (Fsp3) is 0.769. The molecule has 1 aromatic heterocycles. The predicted octanol–water partition coefficient (Wildman–Crippen LogP) is 1.17. The normalized spacial score (nSPS) is 12.3. The van der Waals surface area contributed by atoms with Gasteiger partial charge in [-0.3, -0.25) is 4.68 Å². The summed E-state index contributed by atoms with van der Waals surface area (Å²) in [6.45, 7) is 9.14. The molecule has 0 aliphatic carbocycles. The fourth-order valence-corrected chi connectivity index (χ4v) is 3.68. The van der Waals surface area contributed by atoms with Crippen LogP contribution in [0.5, 0.6) is 0 Å². The van der Waals surface area contributed by atoms with Gasteiger partial charge in [0.05, 0.1) is 17.9 Å². The number of nitrogens with one attached hydrogen (secondary N) is 1. The van der Waals surface area contributed by atoms with Crippen LogP contribution in [0, 0.1) is 19.8 Å². The molecule has 0 aromatic carbocycles. The van der Waals surface area contributed by atoms with Crippen LogP contribution < -0.4 is 10.5 Å². The van der Waals surface area contributed by atoms with Crippen LogP contribution in [-0.4, -0.2) is 31.3 Å². The Labute approximate surface area is 121 Å². The first-order valence-electron chi connectivity index (χ1n) is 7.03. The Balaban J connectivity index is 2.82. The molecule has 0 aliphatic heterocycles. The van der Waals surface area contributed by atoms with Crippen LogP contribution in [0.3, 0.4) is 0 Å². The highest BCUT2D eigenvalue weighted by Crippen LogP contribution is 2.19. The van der Waals surface area contributed by atoms with Gasteiger partial charge < -0.3 is 5.73 Å². The molecule has 0 saturated carbocycles. The lowest BCUT2D eigenvalue weighted by molar-refractivity contribution is 0.539. The van der Waals surface area contributed by atoms with E-state index < -0.39 is 10.0 Å².